The smallest absolute Gasteiger partial charge is 0.163 e. The first kappa shape index (κ1) is 16.9. The van der Waals surface area contributed by atoms with Gasteiger partial charge in [-0.15, -0.1) is 0 Å². The maximum absolute atomic E-state index is 6.22. The monoisotopic (exact) mass is 374 g/mol. The van der Waals surface area contributed by atoms with Crippen LogP contribution < -0.4 is 15.8 Å². The first-order chi connectivity index (χ1) is 13.7. The van der Waals surface area contributed by atoms with Crippen molar-refractivity contribution in [2.24, 2.45) is 5.92 Å². The van der Waals surface area contributed by atoms with E-state index in [1.54, 1.807) is 0 Å². The predicted molar refractivity (Wildman–Crippen MR) is 110 cm³/mol. The molecule has 0 amide bonds. The lowest BCUT2D eigenvalue weighted by Crippen LogP contribution is -2.44. The highest BCUT2D eigenvalue weighted by atomic mass is 16.5. The lowest BCUT2D eigenvalue weighted by atomic mass is 10.0. The van der Waals surface area contributed by atoms with Crippen LogP contribution in [0.3, 0.4) is 0 Å². The molecule has 1 fully saturated rings. The van der Waals surface area contributed by atoms with E-state index in [1.807, 2.05) is 17.7 Å². The first-order valence-electron chi connectivity index (χ1n) is 9.57. The Kier molecular flexibility index (Phi) is 4.09. The van der Waals surface area contributed by atoms with Gasteiger partial charge in [0.1, 0.15) is 23.6 Å². The van der Waals surface area contributed by atoms with Crippen LogP contribution in [0.4, 0.5) is 5.82 Å². The second-order valence-electron chi connectivity index (χ2n) is 7.17. The molecule has 3 heterocycles. The number of ether oxygens (including phenoxy) is 1. The zero-order chi connectivity index (χ0) is 19.1. The minimum absolute atomic E-state index is 0.463. The van der Waals surface area contributed by atoms with E-state index in [4.69, 9.17) is 15.6 Å². The molecule has 0 unspecified atom stereocenters. The standard InChI is InChI=1S/C21H22N6O/c1-2-28-17-6-5-14-7-16(4-3-15(14)8-17)19-18-20(22)24-12-25-21(18)27(26-19)11-13-9-23-10-13/h3-8,12-13,23H,2,9-11H2,1H3,(H2,22,24,25). The Labute approximate surface area is 162 Å². The van der Waals surface area contributed by atoms with Crippen molar-refractivity contribution < 1.29 is 4.74 Å². The van der Waals surface area contributed by atoms with Gasteiger partial charge in [0, 0.05) is 31.1 Å². The molecule has 1 aliphatic heterocycles. The molecule has 0 atom stereocenters. The number of nitrogens with two attached hydrogens (primary N) is 1. The van der Waals surface area contributed by atoms with Crippen LogP contribution >= 0.6 is 0 Å². The fourth-order valence-electron chi connectivity index (χ4n) is 3.71. The molecular formula is C21H22N6O. The van der Waals surface area contributed by atoms with E-state index in [9.17, 15) is 0 Å². The molecule has 0 radical (unpaired) electrons. The molecule has 28 heavy (non-hydrogen) atoms. The fraction of sp³-hybridized carbons (Fsp3) is 0.286. The Hall–Kier alpha value is -3.19. The summed E-state index contributed by atoms with van der Waals surface area (Å²) in [6.45, 7) is 5.49. The zero-order valence-electron chi connectivity index (χ0n) is 15.7. The van der Waals surface area contributed by atoms with Crippen molar-refractivity contribution in [2.75, 3.05) is 25.4 Å². The number of nitrogen functional groups attached to an aromatic ring is 1. The van der Waals surface area contributed by atoms with Crippen molar-refractivity contribution in [3.05, 3.63) is 42.7 Å². The SMILES string of the molecule is CCOc1ccc2cc(-c3nn(CC4CNC4)c4ncnc(N)c34)ccc2c1. The first-order valence-corrected chi connectivity index (χ1v) is 9.57. The predicted octanol–water partition coefficient (Wildman–Crippen LogP) is 2.85. The van der Waals surface area contributed by atoms with Crippen molar-refractivity contribution in [3.8, 4) is 17.0 Å². The molecule has 0 aliphatic carbocycles. The van der Waals surface area contributed by atoms with Crippen molar-refractivity contribution >= 4 is 27.6 Å². The normalized spacial score (nSPS) is 14.5. The van der Waals surface area contributed by atoms with Gasteiger partial charge >= 0.3 is 0 Å². The lowest BCUT2D eigenvalue weighted by molar-refractivity contribution is 0.299. The van der Waals surface area contributed by atoms with Crippen LogP contribution in [0, 0.1) is 5.92 Å². The highest BCUT2D eigenvalue weighted by Gasteiger charge is 2.22. The highest BCUT2D eigenvalue weighted by Crippen LogP contribution is 2.33. The van der Waals surface area contributed by atoms with Crippen LogP contribution in [0.2, 0.25) is 0 Å². The summed E-state index contributed by atoms with van der Waals surface area (Å²) in [6.07, 6.45) is 1.51. The molecular weight excluding hydrogens is 352 g/mol. The van der Waals surface area contributed by atoms with E-state index in [0.29, 0.717) is 18.3 Å². The van der Waals surface area contributed by atoms with Crippen LogP contribution in [-0.2, 0) is 6.54 Å². The third-order valence-corrected chi connectivity index (χ3v) is 5.25. The van der Waals surface area contributed by atoms with E-state index >= 15 is 0 Å². The molecule has 7 nitrogen and oxygen atoms in total. The molecule has 4 aromatic rings. The number of hydrogen-bond donors (Lipinski definition) is 2. The number of nitrogens with zero attached hydrogens (tertiary/aromatic N) is 4. The van der Waals surface area contributed by atoms with Gasteiger partial charge in [-0.25, -0.2) is 14.6 Å². The van der Waals surface area contributed by atoms with Gasteiger partial charge in [-0.3, -0.25) is 0 Å². The van der Waals surface area contributed by atoms with Crippen LogP contribution in [0.5, 0.6) is 5.75 Å². The molecule has 7 heteroatoms. The average Bonchev–Trinajstić information content (AvgIpc) is 3.04. The molecule has 5 rings (SSSR count). The molecule has 142 valence electrons. The van der Waals surface area contributed by atoms with Crippen LogP contribution in [0.1, 0.15) is 6.92 Å². The van der Waals surface area contributed by atoms with Crippen molar-refractivity contribution in [1.29, 1.82) is 0 Å². The molecule has 3 N–H and O–H groups in total. The Bertz CT molecular complexity index is 1160. The number of aromatic nitrogens is 4. The summed E-state index contributed by atoms with van der Waals surface area (Å²) >= 11 is 0. The van der Waals surface area contributed by atoms with Gasteiger partial charge in [0.2, 0.25) is 0 Å². The fourth-order valence-corrected chi connectivity index (χ4v) is 3.71. The van der Waals surface area contributed by atoms with Gasteiger partial charge in [-0.1, -0.05) is 18.2 Å². The summed E-state index contributed by atoms with van der Waals surface area (Å²) in [4.78, 5) is 8.67. The molecule has 2 aromatic carbocycles. The summed E-state index contributed by atoms with van der Waals surface area (Å²) in [5.41, 5.74) is 8.85. The van der Waals surface area contributed by atoms with Gasteiger partial charge < -0.3 is 15.8 Å². The third kappa shape index (κ3) is 2.84. The van der Waals surface area contributed by atoms with Crippen LogP contribution in [0.15, 0.2) is 42.7 Å². The summed E-state index contributed by atoms with van der Waals surface area (Å²) in [6, 6.07) is 12.4. The van der Waals surface area contributed by atoms with E-state index in [1.165, 1.54) is 6.33 Å². The van der Waals surface area contributed by atoms with Gasteiger partial charge in [0.05, 0.1) is 12.0 Å². The van der Waals surface area contributed by atoms with E-state index in [0.717, 1.165) is 58.4 Å². The number of fused-ring (bicyclic) bond motifs is 2. The van der Waals surface area contributed by atoms with E-state index in [-0.39, 0.29) is 0 Å². The summed E-state index contributed by atoms with van der Waals surface area (Å²) in [7, 11) is 0. The Morgan fingerprint density at radius 1 is 1.14 bits per heavy atom. The molecule has 0 saturated carbocycles. The van der Waals surface area contributed by atoms with Crippen LogP contribution in [-0.4, -0.2) is 39.4 Å². The maximum Gasteiger partial charge on any atom is 0.163 e. The Balaban J connectivity index is 1.62. The van der Waals surface area contributed by atoms with Crippen molar-refractivity contribution in [3.63, 3.8) is 0 Å². The minimum Gasteiger partial charge on any atom is -0.494 e. The largest absolute Gasteiger partial charge is 0.494 e. The topological polar surface area (TPSA) is 90.9 Å². The van der Waals surface area contributed by atoms with E-state index in [2.05, 4.69) is 45.6 Å². The molecule has 1 aliphatic rings. The molecule has 2 aromatic heterocycles. The van der Waals surface area contributed by atoms with Gasteiger partial charge in [-0.2, -0.15) is 5.10 Å². The minimum atomic E-state index is 0.463. The van der Waals surface area contributed by atoms with Gasteiger partial charge in [-0.05, 0) is 35.9 Å². The summed E-state index contributed by atoms with van der Waals surface area (Å²) < 4.78 is 7.57. The lowest BCUT2D eigenvalue weighted by Gasteiger charge is -2.26. The average molecular weight is 374 g/mol. The summed E-state index contributed by atoms with van der Waals surface area (Å²) in [5.74, 6) is 1.91. The molecule has 1 saturated heterocycles. The van der Waals surface area contributed by atoms with Gasteiger partial charge in [0.15, 0.2) is 5.65 Å². The summed E-state index contributed by atoms with van der Waals surface area (Å²) in [5, 5.41) is 11.3. The second kappa shape index (κ2) is 6.76. The number of hydrogen-bond acceptors (Lipinski definition) is 6. The zero-order valence-corrected chi connectivity index (χ0v) is 15.7. The number of rotatable bonds is 5. The van der Waals surface area contributed by atoms with Gasteiger partial charge in [0.25, 0.3) is 0 Å². The van der Waals surface area contributed by atoms with E-state index < -0.39 is 0 Å². The molecule has 0 spiro atoms. The second-order valence-corrected chi connectivity index (χ2v) is 7.17. The Morgan fingerprint density at radius 3 is 2.75 bits per heavy atom. The highest BCUT2D eigenvalue weighted by molar-refractivity contribution is 6.00. The quantitative estimate of drug-likeness (QED) is 0.558. The number of benzene rings is 2. The molecule has 0 bridgehead atoms. The van der Waals surface area contributed by atoms with Crippen molar-refractivity contribution in [2.45, 2.75) is 13.5 Å². The Morgan fingerprint density at radius 2 is 1.96 bits per heavy atom. The number of nitrogens with one attached hydrogen (secondary N) is 1. The number of anilines is 1. The van der Waals surface area contributed by atoms with Crippen LogP contribution in [0.25, 0.3) is 33.1 Å². The third-order valence-electron chi connectivity index (χ3n) is 5.25. The maximum atomic E-state index is 6.22. The van der Waals surface area contributed by atoms with Crippen molar-refractivity contribution in [1.82, 2.24) is 25.1 Å².